The van der Waals surface area contributed by atoms with Crippen molar-refractivity contribution in [2.75, 3.05) is 0 Å². The Morgan fingerprint density at radius 3 is 1.75 bits per heavy atom. The van der Waals surface area contributed by atoms with Gasteiger partial charge in [0.2, 0.25) is 0 Å². The van der Waals surface area contributed by atoms with Crippen molar-refractivity contribution < 1.29 is 0 Å². The van der Waals surface area contributed by atoms with Gasteiger partial charge in [-0.25, -0.2) is 0 Å². The Morgan fingerprint density at radius 1 is 0.583 bits per heavy atom. The van der Waals surface area contributed by atoms with Gasteiger partial charge in [-0.05, 0) is 0 Å². The van der Waals surface area contributed by atoms with Crippen LogP contribution in [-0.4, -0.2) is 35.4 Å². The Labute approximate surface area is 159 Å². The van der Waals surface area contributed by atoms with E-state index in [1.165, 1.54) is 15.6 Å². The summed E-state index contributed by atoms with van der Waals surface area (Å²) >= 11 is 0.0298. The van der Waals surface area contributed by atoms with Gasteiger partial charge in [0.1, 0.15) is 0 Å². The first-order valence-corrected chi connectivity index (χ1v) is 11.9. The maximum absolute atomic E-state index is 2.48. The van der Waals surface area contributed by atoms with Gasteiger partial charge in [0.05, 0.1) is 0 Å². The van der Waals surface area contributed by atoms with Gasteiger partial charge in [0, 0.05) is 0 Å². The average molecular weight is 487 g/mol. The van der Waals surface area contributed by atoms with Crippen molar-refractivity contribution in [3.8, 4) is 18.3 Å². The van der Waals surface area contributed by atoms with Crippen molar-refractivity contribution >= 4 is 44.3 Å². The molecule has 0 amide bonds. The molecule has 0 radical (unpaired) electrons. The van der Waals surface area contributed by atoms with Crippen LogP contribution in [0.5, 0.6) is 0 Å². The molecule has 0 bridgehead atoms. The van der Waals surface area contributed by atoms with E-state index in [9.17, 15) is 0 Å². The van der Waals surface area contributed by atoms with Crippen LogP contribution in [0.1, 0.15) is 0 Å². The Balaban J connectivity index is 1.80. The summed E-state index contributed by atoms with van der Waals surface area (Å²) in [6, 6.07) is 35.2. The Hall–Kier alpha value is -1.55. The Bertz CT molecular complexity index is 912. The molecule has 0 nitrogen and oxygen atoms in total. The number of hydrogen-bond donors (Lipinski definition) is 0. The summed E-state index contributed by atoms with van der Waals surface area (Å²) in [6.45, 7) is 0. The van der Waals surface area contributed by atoms with Gasteiger partial charge in [-0.3, -0.25) is 0 Å². The quantitative estimate of drug-likeness (QED) is 0.386. The predicted molar refractivity (Wildman–Crippen MR) is 106 cm³/mol. The number of hydrogen-bond acceptors (Lipinski definition) is 0. The van der Waals surface area contributed by atoms with E-state index in [1.54, 1.807) is 11.6 Å². The fourth-order valence-corrected chi connectivity index (χ4v) is 9.33. The molecule has 2 heteroatoms. The standard InChI is InChI=1S/C22H16SeTe/c1-4-10-17(11-5-1)21-16-20(23-19-14-8-3-9-15-19)22(24-21)18-12-6-2-7-13-18/h1-16H. The van der Waals surface area contributed by atoms with E-state index in [0.717, 1.165) is 0 Å². The van der Waals surface area contributed by atoms with Crippen LogP contribution in [0.15, 0.2) is 97.1 Å². The van der Waals surface area contributed by atoms with Gasteiger partial charge in [0.25, 0.3) is 0 Å². The molecular weight excluding hydrogens is 471 g/mol. The van der Waals surface area contributed by atoms with E-state index < -0.39 is 0 Å². The van der Waals surface area contributed by atoms with E-state index >= 15 is 0 Å². The van der Waals surface area contributed by atoms with E-state index in [2.05, 4.69) is 97.1 Å². The number of benzene rings is 3. The molecule has 0 saturated heterocycles. The minimum absolute atomic E-state index is 0.339. The minimum atomic E-state index is -0.339. The molecule has 24 heavy (non-hydrogen) atoms. The molecule has 116 valence electrons. The molecular formula is C22H16SeTe. The van der Waals surface area contributed by atoms with Crippen LogP contribution < -0.4 is 8.92 Å². The van der Waals surface area contributed by atoms with Gasteiger partial charge in [-0.1, -0.05) is 0 Å². The summed E-state index contributed by atoms with van der Waals surface area (Å²) in [6.07, 6.45) is 0. The molecule has 0 aliphatic heterocycles. The zero-order valence-corrected chi connectivity index (χ0v) is 17.1. The Morgan fingerprint density at radius 2 is 1.12 bits per heavy atom. The van der Waals surface area contributed by atoms with Crippen LogP contribution >= 0.6 is 0 Å². The van der Waals surface area contributed by atoms with Gasteiger partial charge in [0.15, 0.2) is 0 Å². The molecule has 4 rings (SSSR count). The van der Waals surface area contributed by atoms with Crippen molar-refractivity contribution in [3.63, 3.8) is 0 Å². The zero-order valence-electron chi connectivity index (χ0n) is 13.1. The molecule has 0 fully saturated rings. The van der Waals surface area contributed by atoms with Crippen LogP contribution in [-0.2, 0) is 0 Å². The summed E-state index contributed by atoms with van der Waals surface area (Å²) in [7, 11) is 0. The van der Waals surface area contributed by atoms with Gasteiger partial charge in [-0.2, -0.15) is 0 Å². The van der Waals surface area contributed by atoms with Crippen LogP contribution in [0.25, 0.3) is 18.3 Å². The van der Waals surface area contributed by atoms with E-state index in [4.69, 9.17) is 0 Å². The van der Waals surface area contributed by atoms with E-state index in [1.807, 2.05) is 0 Å². The van der Waals surface area contributed by atoms with Gasteiger partial charge >= 0.3 is 160 Å². The molecule has 0 aliphatic rings. The maximum atomic E-state index is 2.48. The SMILES string of the molecule is c1ccc([Se]c2cc(-c3ccccc3)[te]c2-c2ccccc2)cc1. The average Bonchev–Trinajstić information content (AvgIpc) is 3.08. The molecule has 4 aromatic rings. The molecule has 1 heterocycles. The summed E-state index contributed by atoms with van der Waals surface area (Å²) in [4.78, 5) is 0. The van der Waals surface area contributed by atoms with Crippen LogP contribution in [0.3, 0.4) is 0 Å². The third kappa shape index (κ3) is 3.59. The third-order valence-corrected chi connectivity index (χ3v) is 10.4. The second kappa shape index (κ2) is 7.56. The molecule has 1 aromatic heterocycles. The van der Waals surface area contributed by atoms with Crippen LogP contribution in [0.4, 0.5) is 0 Å². The van der Waals surface area contributed by atoms with Crippen molar-refractivity contribution in [1.82, 2.24) is 0 Å². The van der Waals surface area contributed by atoms with Crippen molar-refractivity contribution in [2.24, 2.45) is 0 Å². The first-order chi connectivity index (χ1) is 11.9. The zero-order chi connectivity index (χ0) is 16.2. The normalized spacial score (nSPS) is 10.7. The van der Waals surface area contributed by atoms with E-state index in [-0.39, 0.29) is 20.4 Å². The molecule has 3 aromatic carbocycles. The third-order valence-electron chi connectivity index (χ3n) is 3.76. The second-order valence-electron chi connectivity index (χ2n) is 5.45. The van der Waals surface area contributed by atoms with Gasteiger partial charge < -0.3 is 0 Å². The van der Waals surface area contributed by atoms with Crippen molar-refractivity contribution in [1.29, 1.82) is 0 Å². The topological polar surface area (TPSA) is 0 Å². The molecule has 0 unspecified atom stereocenters. The van der Waals surface area contributed by atoms with Crippen LogP contribution in [0, 0.1) is 0 Å². The van der Waals surface area contributed by atoms with E-state index in [0.29, 0.717) is 15.0 Å². The van der Waals surface area contributed by atoms with Gasteiger partial charge in [-0.15, -0.1) is 0 Å². The molecule has 0 aliphatic carbocycles. The molecule has 0 saturated carbocycles. The fourth-order valence-electron chi connectivity index (χ4n) is 2.60. The number of rotatable bonds is 4. The summed E-state index contributed by atoms with van der Waals surface area (Å²) < 4.78 is 6.18. The fraction of sp³-hybridized carbons (Fsp3) is 0. The van der Waals surface area contributed by atoms with Crippen molar-refractivity contribution in [3.05, 3.63) is 97.1 Å². The molecule has 0 atom stereocenters. The first-order valence-electron chi connectivity index (χ1n) is 7.88. The molecule has 0 spiro atoms. The monoisotopic (exact) mass is 490 g/mol. The predicted octanol–water partition coefficient (Wildman–Crippen LogP) is 3.73. The van der Waals surface area contributed by atoms with Crippen LogP contribution in [0.2, 0.25) is 0 Å². The Kier molecular flexibility index (Phi) is 5.02. The molecule has 0 N–H and O–H groups in total. The first kappa shape index (κ1) is 15.9. The summed E-state index contributed by atoms with van der Waals surface area (Å²) in [5, 5.41) is 0. The second-order valence-corrected chi connectivity index (χ2v) is 10.8. The summed E-state index contributed by atoms with van der Waals surface area (Å²) in [5.74, 6) is 0. The van der Waals surface area contributed by atoms with Crippen molar-refractivity contribution in [2.45, 2.75) is 0 Å². The summed E-state index contributed by atoms with van der Waals surface area (Å²) in [5.41, 5.74) is 2.81.